The lowest BCUT2D eigenvalue weighted by atomic mass is 10.2. The molecule has 0 radical (unpaired) electrons. The average molecular weight is 257 g/mol. The maximum absolute atomic E-state index is 10.1. The zero-order chi connectivity index (χ0) is 11.7. The second-order valence-electron chi connectivity index (χ2n) is 3.54. The summed E-state index contributed by atoms with van der Waals surface area (Å²) in [6.45, 7) is 1.08. The zero-order valence-corrected chi connectivity index (χ0v) is 10.8. The summed E-state index contributed by atoms with van der Waals surface area (Å²) < 4.78 is 32.7. The van der Waals surface area contributed by atoms with Crippen LogP contribution in [0, 0.1) is 0 Å². The van der Waals surface area contributed by atoms with Crippen molar-refractivity contribution >= 4 is 22.4 Å². The fraction of sp³-hybridized carbons (Fsp3) is 1.00. The summed E-state index contributed by atoms with van der Waals surface area (Å²) in [4.78, 5) is 2.14. The summed E-state index contributed by atoms with van der Waals surface area (Å²) in [6.07, 6.45) is 4.23. The van der Waals surface area contributed by atoms with E-state index in [0.717, 1.165) is 44.3 Å². The van der Waals surface area contributed by atoms with Gasteiger partial charge in [0.05, 0.1) is 0 Å². The van der Waals surface area contributed by atoms with Crippen molar-refractivity contribution in [1.29, 1.82) is 0 Å². The normalized spacial score (nSPS) is 12.3. The van der Waals surface area contributed by atoms with E-state index in [4.69, 9.17) is 4.55 Å². The van der Waals surface area contributed by atoms with Crippen molar-refractivity contribution in [2.45, 2.75) is 25.7 Å². The van der Waals surface area contributed by atoms with Crippen LogP contribution in [0.1, 0.15) is 25.7 Å². The molecule has 5 nitrogen and oxygen atoms in total. The molecule has 0 aliphatic carbocycles. The molecule has 0 aromatic rings. The number of unbranched alkanes of at least 4 members (excludes halogenated alkanes) is 3. The van der Waals surface area contributed by atoms with Crippen LogP contribution in [0.3, 0.4) is 0 Å². The van der Waals surface area contributed by atoms with Crippen molar-refractivity contribution in [2.75, 3.05) is 26.4 Å². The third kappa shape index (κ3) is 14.2. The molecule has 7 heteroatoms. The number of rotatable bonds is 9. The first-order chi connectivity index (χ1) is 6.92. The Hall–Kier alpha value is 0.180. The maximum Gasteiger partial charge on any atom is 0.408 e. The van der Waals surface area contributed by atoms with E-state index in [-0.39, 0.29) is 0 Å². The summed E-state index contributed by atoms with van der Waals surface area (Å²) in [6, 6.07) is 0. The quantitative estimate of drug-likeness (QED) is 0.384. The lowest BCUT2D eigenvalue weighted by Crippen LogP contribution is -2.12. The highest BCUT2D eigenvalue weighted by Crippen LogP contribution is 2.11. The molecule has 92 valence electrons. The van der Waals surface area contributed by atoms with Gasteiger partial charge in [-0.05, 0) is 33.5 Å². The Kier molecular flexibility index (Phi) is 8.45. The van der Waals surface area contributed by atoms with Gasteiger partial charge in [0.2, 0.25) is 0 Å². The molecule has 0 aromatic heterocycles. The van der Waals surface area contributed by atoms with Crippen molar-refractivity contribution in [2.24, 2.45) is 0 Å². The van der Waals surface area contributed by atoms with Gasteiger partial charge >= 0.3 is 10.4 Å². The van der Waals surface area contributed by atoms with Gasteiger partial charge in [0.1, 0.15) is 0 Å². The number of nitrogens with zero attached hydrogens (tertiary/aromatic N) is 1. The van der Waals surface area contributed by atoms with Crippen LogP contribution >= 0.6 is 12.0 Å². The van der Waals surface area contributed by atoms with E-state index >= 15 is 0 Å². The molecule has 0 heterocycles. The molecule has 0 aromatic carbocycles. The minimum atomic E-state index is -4.28. The standard InChI is InChI=1S/C8H19NO4S2/c1-9(2)7-5-3-4-6-8-14-13-15(10,11)12/h3-8H2,1-2H3,(H,10,11,12). The van der Waals surface area contributed by atoms with Crippen LogP contribution in [-0.4, -0.2) is 44.3 Å². The predicted octanol–water partition coefficient (Wildman–Crippen LogP) is 1.58. The van der Waals surface area contributed by atoms with Gasteiger partial charge in [0, 0.05) is 17.8 Å². The maximum atomic E-state index is 10.1. The van der Waals surface area contributed by atoms with Gasteiger partial charge in [0.15, 0.2) is 0 Å². The van der Waals surface area contributed by atoms with Gasteiger partial charge in [-0.1, -0.05) is 12.8 Å². The molecule has 1 N–H and O–H groups in total. The first-order valence-corrected chi connectivity index (χ1v) is 7.12. The molecule has 0 fully saturated rings. The molecule has 0 unspecified atom stereocenters. The number of hydrogen-bond acceptors (Lipinski definition) is 5. The van der Waals surface area contributed by atoms with Crippen LogP contribution in [-0.2, 0) is 14.0 Å². The van der Waals surface area contributed by atoms with Gasteiger partial charge in [-0.25, -0.2) is 0 Å². The lowest BCUT2D eigenvalue weighted by molar-refractivity contribution is 0.391. The van der Waals surface area contributed by atoms with Crippen LogP contribution in [0.15, 0.2) is 0 Å². The molecule has 0 amide bonds. The Morgan fingerprint density at radius 3 is 2.33 bits per heavy atom. The lowest BCUT2D eigenvalue weighted by Gasteiger charge is -2.08. The molecule has 0 saturated heterocycles. The topological polar surface area (TPSA) is 66.8 Å². The first-order valence-electron chi connectivity index (χ1n) is 4.85. The number of hydrogen-bond donors (Lipinski definition) is 1. The Balaban J connectivity index is 3.12. The highest BCUT2D eigenvalue weighted by Gasteiger charge is 2.03. The average Bonchev–Trinajstić information content (AvgIpc) is 2.07. The predicted molar refractivity (Wildman–Crippen MR) is 62.1 cm³/mol. The third-order valence-electron chi connectivity index (χ3n) is 1.72. The summed E-state index contributed by atoms with van der Waals surface area (Å²) >= 11 is 0.776. The monoisotopic (exact) mass is 257 g/mol. The largest absolute Gasteiger partial charge is 0.408 e. The van der Waals surface area contributed by atoms with Crippen molar-refractivity contribution in [1.82, 2.24) is 4.90 Å². The molecule has 0 rings (SSSR count). The molecule has 15 heavy (non-hydrogen) atoms. The molecule has 0 saturated carbocycles. The van der Waals surface area contributed by atoms with Crippen LogP contribution in [0.5, 0.6) is 0 Å². The zero-order valence-electron chi connectivity index (χ0n) is 9.18. The van der Waals surface area contributed by atoms with Gasteiger partial charge in [-0.2, -0.15) is 12.0 Å². The van der Waals surface area contributed by atoms with Crippen molar-refractivity contribution in [3.05, 3.63) is 0 Å². The Morgan fingerprint density at radius 1 is 1.20 bits per heavy atom. The van der Waals surface area contributed by atoms with Crippen molar-refractivity contribution in [3.63, 3.8) is 0 Å². The van der Waals surface area contributed by atoms with E-state index in [9.17, 15) is 8.42 Å². The van der Waals surface area contributed by atoms with E-state index in [1.807, 2.05) is 14.1 Å². The molecule has 0 aliphatic rings. The van der Waals surface area contributed by atoms with E-state index in [0.29, 0.717) is 5.75 Å². The van der Waals surface area contributed by atoms with Crippen LogP contribution in [0.4, 0.5) is 0 Å². The fourth-order valence-electron chi connectivity index (χ4n) is 1.04. The van der Waals surface area contributed by atoms with E-state index in [1.54, 1.807) is 0 Å². The third-order valence-corrected chi connectivity index (χ3v) is 3.25. The second kappa shape index (κ2) is 8.35. The highest BCUT2D eigenvalue weighted by molar-refractivity contribution is 8.02. The Bertz CT molecular complexity index is 241. The van der Waals surface area contributed by atoms with Crippen molar-refractivity contribution < 1.29 is 16.6 Å². The Labute approximate surface area is 96.3 Å². The molecule has 0 aliphatic heterocycles. The highest BCUT2D eigenvalue weighted by atomic mass is 32.3. The second-order valence-corrected chi connectivity index (χ2v) is 5.58. The SMILES string of the molecule is CN(C)CCCCCCSOS(=O)(=O)O. The fourth-order valence-corrected chi connectivity index (χ4v) is 2.12. The van der Waals surface area contributed by atoms with Crippen LogP contribution in [0.2, 0.25) is 0 Å². The summed E-state index contributed by atoms with van der Waals surface area (Å²) in [5.74, 6) is 0.585. The molecule has 0 atom stereocenters. The Morgan fingerprint density at radius 2 is 1.80 bits per heavy atom. The summed E-state index contributed by atoms with van der Waals surface area (Å²) in [7, 11) is -0.201. The van der Waals surface area contributed by atoms with Crippen LogP contribution < -0.4 is 0 Å². The van der Waals surface area contributed by atoms with E-state index < -0.39 is 10.4 Å². The minimum Gasteiger partial charge on any atom is -0.309 e. The van der Waals surface area contributed by atoms with Gasteiger partial charge in [-0.15, -0.1) is 0 Å². The summed E-state index contributed by atoms with van der Waals surface area (Å²) in [5, 5.41) is 0. The van der Waals surface area contributed by atoms with Crippen molar-refractivity contribution in [3.8, 4) is 0 Å². The molecular formula is C8H19NO4S2. The van der Waals surface area contributed by atoms with Gasteiger partial charge in [-0.3, -0.25) is 4.55 Å². The summed E-state index contributed by atoms with van der Waals surface area (Å²) in [5.41, 5.74) is 0. The molecule has 0 bridgehead atoms. The van der Waals surface area contributed by atoms with Gasteiger partial charge in [0.25, 0.3) is 0 Å². The first kappa shape index (κ1) is 15.2. The molecular weight excluding hydrogens is 238 g/mol. The minimum absolute atomic E-state index is 0.585. The van der Waals surface area contributed by atoms with E-state index in [1.165, 1.54) is 0 Å². The molecule has 0 spiro atoms. The smallest absolute Gasteiger partial charge is 0.309 e. The van der Waals surface area contributed by atoms with E-state index in [2.05, 4.69) is 8.53 Å². The van der Waals surface area contributed by atoms with Crippen LogP contribution in [0.25, 0.3) is 0 Å². The van der Waals surface area contributed by atoms with Gasteiger partial charge < -0.3 is 4.90 Å².